The van der Waals surface area contributed by atoms with Crippen LogP contribution in [0.5, 0.6) is 5.75 Å². The number of hydrogen-bond acceptors (Lipinski definition) is 5. The predicted octanol–water partition coefficient (Wildman–Crippen LogP) is 4.26. The van der Waals surface area contributed by atoms with Crippen LogP contribution >= 0.6 is 27.3 Å². The topological polar surface area (TPSA) is 42.7 Å². The van der Waals surface area contributed by atoms with Crippen molar-refractivity contribution in [1.29, 1.82) is 0 Å². The lowest BCUT2D eigenvalue weighted by atomic mass is 10.1. The van der Waals surface area contributed by atoms with Crippen LogP contribution in [0.4, 0.5) is 0 Å². The molecule has 0 radical (unpaired) electrons. The van der Waals surface area contributed by atoms with Gasteiger partial charge in [0.25, 0.3) is 0 Å². The van der Waals surface area contributed by atoms with Crippen LogP contribution in [0.1, 0.15) is 10.4 Å². The van der Waals surface area contributed by atoms with Gasteiger partial charge in [0.1, 0.15) is 11.3 Å². The Bertz CT molecular complexity index is 887. The molecule has 0 spiro atoms. The van der Waals surface area contributed by atoms with Crippen LogP contribution in [0.25, 0.3) is 11.0 Å². The molecule has 0 unspecified atom stereocenters. The molecule has 120 valence electrons. The van der Waals surface area contributed by atoms with Gasteiger partial charge in [0.15, 0.2) is 0 Å². The zero-order chi connectivity index (χ0) is 16.4. The molecule has 1 aromatic carbocycles. The maximum absolute atomic E-state index is 11.8. The summed E-state index contributed by atoms with van der Waals surface area (Å²) >= 11 is 5.20. The number of halogens is 1. The van der Waals surface area contributed by atoms with Gasteiger partial charge in [0, 0.05) is 35.5 Å². The molecule has 0 amide bonds. The lowest BCUT2D eigenvalue weighted by Crippen LogP contribution is -2.18. The molecule has 0 atom stereocenters. The Morgan fingerprint density at radius 1 is 1.22 bits per heavy atom. The van der Waals surface area contributed by atoms with Crippen LogP contribution in [0.15, 0.2) is 49.4 Å². The van der Waals surface area contributed by atoms with Gasteiger partial charge in [-0.25, -0.2) is 4.79 Å². The summed E-state index contributed by atoms with van der Waals surface area (Å²) in [6.07, 6.45) is 0. The number of thiophene rings is 1. The number of ether oxygens (including phenoxy) is 1. The van der Waals surface area contributed by atoms with Crippen LogP contribution < -0.4 is 10.4 Å². The Balaban J connectivity index is 1.88. The predicted molar refractivity (Wildman–Crippen MR) is 96.2 cm³/mol. The Labute approximate surface area is 146 Å². The van der Waals surface area contributed by atoms with Crippen molar-refractivity contribution in [1.82, 2.24) is 4.90 Å². The average Bonchev–Trinajstić information content (AvgIpc) is 2.91. The molecule has 6 heteroatoms. The summed E-state index contributed by atoms with van der Waals surface area (Å²) in [6.45, 7) is 1.50. The first-order chi connectivity index (χ1) is 11.0. The standard InChI is InChI=1S/C17H16BrNO3S/c1-19(10-13-4-6-16(18)23-13)9-11-7-17(20)22-15-8-12(21-2)3-5-14(11)15/h3-8H,9-10H2,1-2H3. The van der Waals surface area contributed by atoms with E-state index in [1.165, 1.54) is 4.88 Å². The second kappa shape index (κ2) is 6.86. The highest BCUT2D eigenvalue weighted by molar-refractivity contribution is 9.11. The van der Waals surface area contributed by atoms with E-state index < -0.39 is 0 Å². The SMILES string of the molecule is COc1ccc2c(CN(C)Cc3ccc(Br)s3)cc(=O)oc2c1. The van der Waals surface area contributed by atoms with Crippen molar-refractivity contribution in [2.24, 2.45) is 0 Å². The number of fused-ring (bicyclic) bond motifs is 1. The van der Waals surface area contributed by atoms with Gasteiger partial charge in [-0.15, -0.1) is 11.3 Å². The minimum Gasteiger partial charge on any atom is -0.497 e. The Morgan fingerprint density at radius 3 is 2.74 bits per heavy atom. The highest BCUT2D eigenvalue weighted by Gasteiger charge is 2.10. The monoisotopic (exact) mass is 393 g/mol. The van der Waals surface area contributed by atoms with Gasteiger partial charge in [-0.1, -0.05) is 0 Å². The van der Waals surface area contributed by atoms with Crippen LogP contribution in [0.2, 0.25) is 0 Å². The first-order valence-electron chi connectivity index (χ1n) is 7.08. The second-order valence-corrected chi connectivity index (χ2v) is 7.88. The van der Waals surface area contributed by atoms with Crippen LogP contribution in [-0.4, -0.2) is 19.1 Å². The maximum atomic E-state index is 11.8. The van der Waals surface area contributed by atoms with Gasteiger partial charge < -0.3 is 9.15 Å². The molecule has 4 nitrogen and oxygen atoms in total. The molecule has 2 aromatic heterocycles. The zero-order valence-electron chi connectivity index (χ0n) is 12.8. The van der Waals surface area contributed by atoms with Crippen LogP contribution in [-0.2, 0) is 13.1 Å². The summed E-state index contributed by atoms with van der Waals surface area (Å²) < 4.78 is 11.6. The Kier molecular flexibility index (Phi) is 4.84. The van der Waals surface area contributed by atoms with Crippen LogP contribution in [0, 0.1) is 0 Å². The van der Waals surface area contributed by atoms with Crippen molar-refractivity contribution in [3.63, 3.8) is 0 Å². The summed E-state index contributed by atoms with van der Waals surface area (Å²) in [5, 5.41) is 0.935. The third-order valence-electron chi connectivity index (χ3n) is 3.53. The molecule has 0 saturated heterocycles. The number of rotatable bonds is 5. The molecule has 23 heavy (non-hydrogen) atoms. The smallest absolute Gasteiger partial charge is 0.336 e. The van der Waals surface area contributed by atoms with E-state index in [0.29, 0.717) is 17.9 Å². The summed E-state index contributed by atoms with van der Waals surface area (Å²) in [6, 6.07) is 11.3. The van der Waals surface area contributed by atoms with E-state index in [9.17, 15) is 4.79 Å². The highest BCUT2D eigenvalue weighted by atomic mass is 79.9. The minimum absolute atomic E-state index is 0.340. The zero-order valence-corrected chi connectivity index (χ0v) is 15.2. The fourth-order valence-corrected chi connectivity index (χ4v) is 4.08. The lowest BCUT2D eigenvalue weighted by Gasteiger charge is -2.16. The van der Waals surface area contributed by atoms with E-state index in [1.54, 1.807) is 30.6 Å². The highest BCUT2D eigenvalue weighted by Crippen LogP contribution is 2.25. The molecule has 0 N–H and O–H groups in total. The first-order valence-corrected chi connectivity index (χ1v) is 8.69. The molecule has 0 aliphatic rings. The minimum atomic E-state index is -0.340. The van der Waals surface area contributed by atoms with E-state index in [4.69, 9.17) is 9.15 Å². The van der Waals surface area contributed by atoms with Gasteiger partial charge in [-0.3, -0.25) is 4.90 Å². The van der Waals surface area contributed by atoms with Crippen molar-refractivity contribution in [3.8, 4) is 5.75 Å². The number of benzene rings is 1. The third kappa shape index (κ3) is 3.83. The summed E-state index contributed by atoms with van der Waals surface area (Å²) in [7, 11) is 3.63. The largest absolute Gasteiger partial charge is 0.497 e. The molecule has 3 rings (SSSR count). The van der Waals surface area contributed by atoms with Gasteiger partial charge >= 0.3 is 5.63 Å². The molecule has 0 fully saturated rings. The van der Waals surface area contributed by atoms with E-state index in [2.05, 4.69) is 26.9 Å². The van der Waals surface area contributed by atoms with E-state index in [0.717, 1.165) is 21.3 Å². The summed E-state index contributed by atoms with van der Waals surface area (Å²) in [5.41, 5.74) is 1.17. The molecule has 0 aliphatic heterocycles. The maximum Gasteiger partial charge on any atom is 0.336 e. The van der Waals surface area contributed by atoms with E-state index in [-0.39, 0.29) is 5.63 Å². The number of nitrogens with zero attached hydrogens (tertiary/aromatic N) is 1. The van der Waals surface area contributed by atoms with Crippen molar-refractivity contribution in [2.75, 3.05) is 14.2 Å². The molecule has 2 heterocycles. The van der Waals surface area contributed by atoms with Crippen molar-refractivity contribution in [3.05, 3.63) is 61.0 Å². The van der Waals surface area contributed by atoms with Crippen molar-refractivity contribution in [2.45, 2.75) is 13.1 Å². The Morgan fingerprint density at radius 2 is 2.04 bits per heavy atom. The molecular formula is C17H16BrNO3S. The molecule has 0 bridgehead atoms. The van der Waals surface area contributed by atoms with Crippen molar-refractivity contribution < 1.29 is 9.15 Å². The lowest BCUT2D eigenvalue weighted by molar-refractivity contribution is 0.322. The van der Waals surface area contributed by atoms with Gasteiger partial charge in [0.05, 0.1) is 10.9 Å². The Hall–Kier alpha value is -1.63. The molecule has 0 saturated carbocycles. The quantitative estimate of drug-likeness (QED) is 0.607. The fraction of sp³-hybridized carbons (Fsp3) is 0.235. The molecule has 3 aromatic rings. The second-order valence-electron chi connectivity index (χ2n) is 5.33. The van der Waals surface area contributed by atoms with Crippen LogP contribution in [0.3, 0.4) is 0 Å². The van der Waals surface area contributed by atoms with Gasteiger partial charge in [-0.2, -0.15) is 0 Å². The molecular weight excluding hydrogens is 378 g/mol. The fourth-order valence-electron chi connectivity index (χ4n) is 2.52. The van der Waals surface area contributed by atoms with E-state index in [1.807, 2.05) is 25.2 Å². The van der Waals surface area contributed by atoms with E-state index >= 15 is 0 Å². The summed E-state index contributed by atoms with van der Waals surface area (Å²) in [5.74, 6) is 0.676. The third-order valence-corrected chi connectivity index (χ3v) is 5.14. The van der Waals surface area contributed by atoms with Gasteiger partial charge in [0.2, 0.25) is 0 Å². The average molecular weight is 394 g/mol. The normalized spacial score (nSPS) is 11.3. The summed E-state index contributed by atoms with van der Waals surface area (Å²) in [4.78, 5) is 15.3. The van der Waals surface area contributed by atoms with Gasteiger partial charge in [-0.05, 0) is 52.8 Å². The number of methoxy groups -OCH3 is 1. The number of hydrogen-bond donors (Lipinski definition) is 0. The first kappa shape index (κ1) is 16.2. The molecule has 0 aliphatic carbocycles. The van der Waals surface area contributed by atoms with Crippen molar-refractivity contribution >= 4 is 38.2 Å².